The number of amides is 1. The Morgan fingerprint density at radius 2 is 0.871 bits per heavy atom. The van der Waals surface area contributed by atoms with E-state index in [1.807, 2.05) is 21.1 Å². The molecular formula is C53H108N2O6P+. The topological polar surface area (TPSA) is 105 Å². The van der Waals surface area contributed by atoms with Crippen molar-refractivity contribution >= 4 is 13.7 Å². The summed E-state index contributed by atoms with van der Waals surface area (Å²) < 4.78 is 23.7. The Morgan fingerprint density at radius 1 is 0.532 bits per heavy atom. The molecule has 370 valence electrons. The Bertz CT molecular complexity index is 1020. The van der Waals surface area contributed by atoms with Crippen molar-refractivity contribution in [1.29, 1.82) is 0 Å². The van der Waals surface area contributed by atoms with Crippen molar-refractivity contribution in [2.75, 3.05) is 40.9 Å². The van der Waals surface area contributed by atoms with Crippen LogP contribution in [-0.2, 0) is 18.4 Å². The SMILES string of the molecule is CCCCCCCCCC/C=C\CCCCCCCCCCCC(=O)NC(COP(=O)(O)OCC[N+](C)(C)C)C(O)CCCCCCCCCCCCCCCCCCCCC. The van der Waals surface area contributed by atoms with Crippen LogP contribution in [0.15, 0.2) is 12.2 Å². The second kappa shape index (κ2) is 45.4. The first kappa shape index (κ1) is 61.2. The molecule has 0 aromatic carbocycles. The van der Waals surface area contributed by atoms with Crippen LogP contribution in [0.4, 0.5) is 0 Å². The first-order chi connectivity index (χ1) is 30.0. The van der Waals surface area contributed by atoms with E-state index in [0.29, 0.717) is 23.9 Å². The summed E-state index contributed by atoms with van der Waals surface area (Å²) in [7, 11) is 1.63. The number of hydrogen-bond donors (Lipinski definition) is 3. The van der Waals surface area contributed by atoms with Crippen molar-refractivity contribution in [3.63, 3.8) is 0 Å². The number of carbonyl (C=O) groups is 1. The van der Waals surface area contributed by atoms with Crippen molar-refractivity contribution in [2.24, 2.45) is 0 Å². The fraction of sp³-hybridized carbons (Fsp3) is 0.943. The molecule has 0 rings (SSSR count). The largest absolute Gasteiger partial charge is 0.472 e. The van der Waals surface area contributed by atoms with Crippen molar-refractivity contribution in [3.8, 4) is 0 Å². The van der Waals surface area contributed by atoms with Gasteiger partial charge in [0.05, 0.1) is 39.9 Å². The standard InChI is InChI=1S/C53H107N2O6P/c1-6-8-10-12-14-16-18-20-22-24-26-27-29-31-33-35-37-39-41-43-45-47-53(57)54-51(50-61-62(58,59)60-49-48-55(3,4)5)52(56)46-44-42-40-38-36-34-32-30-28-25-23-21-19-17-15-13-11-9-7-2/h24,26,51-52,56H,6-23,25,27-50H2,1-5H3,(H-,54,57,58,59)/p+1/b26-24-. The lowest BCUT2D eigenvalue weighted by Gasteiger charge is -2.26. The second-order valence-corrected chi connectivity index (χ2v) is 21.4. The quantitative estimate of drug-likeness (QED) is 0.0243. The molecule has 0 radical (unpaired) electrons. The Labute approximate surface area is 386 Å². The van der Waals surface area contributed by atoms with Crippen molar-refractivity contribution in [3.05, 3.63) is 12.2 Å². The van der Waals surface area contributed by atoms with Gasteiger partial charge in [-0.1, -0.05) is 238 Å². The van der Waals surface area contributed by atoms with Gasteiger partial charge in [0, 0.05) is 6.42 Å². The number of nitrogens with zero attached hydrogens (tertiary/aromatic N) is 1. The smallest absolute Gasteiger partial charge is 0.391 e. The molecule has 0 aliphatic carbocycles. The third kappa shape index (κ3) is 47.2. The predicted octanol–water partition coefficient (Wildman–Crippen LogP) is 15.9. The normalized spacial score (nSPS) is 14.1. The van der Waals surface area contributed by atoms with Gasteiger partial charge in [-0.15, -0.1) is 0 Å². The molecular weight excluding hydrogens is 792 g/mol. The lowest BCUT2D eigenvalue weighted by atomic mass is 10.0. The van der Waals surface area contributed by atoms with Crippen LogP contribution in [0.2, 0.25) is 0 Å². The molecule has 0 heterocycles. The van der Waals surface area contributed by atoms with Gasteiger partial charge in [-0.3, -0.25) is 13.8 Å². The Balaban J connectivity index is 4.21. The van der Waals surface area contributed by atoms with E-state index in [-0.39, 0.29) is 19.1 Å². The number of hydrogen-bond acceptors (Lipinski definition) is 5. The van der Waals surface area contributed by atoms with Gasteiger partial charge < -0.3 is 19.8 Å². The highest BCUT2D eigenvalue weighted by atomic mass is 31.2. The number of nitrogens with one attached hydrogen (secondary N) is 1. The fourth-order valence-electron chi connectivity index (χ4n) is 8.22. The first-order valence-electron chi connectivity index (χ1n) is 27.1. The zero-order chi connectivity index (χ0) is 45.7. The Morgan fingerprint density at radius 3 is 1.24 bits per heavy atom. The lowest BCUT2D eigenvalue weighted by Crippen LogP contribution is -2.46. The molecule has 0 saturated heterocycles. The van der Waals surface area contributed by atoms with Gasteiger partial charge in [0.1, 0.15) is 13.2 Å². The van der Waals surface area contributed by atoms with Gasteiger partial charge in [-0.2, -0.15) is 0 Å². The van der Waals surface area contributed by atoms with Crippen molar-refractivity contribution in [2.45, 2.75) is 283 Å². The Hall–Kier alpha value is -0.760. The molecule has 1 amide bonds. The average molecular weight is 900 g/mol. The van der Waals surface area contributed by atoms with E-state index in [1.165, 1.54) is 205 Å². The van der Waals surface area contributed by atoms with E-state index < -0.39 is 20.0 Å². The van der Waals surface area contributed by atoms with Gasteiger partial charge in [0.25, 0.3) is 0 Å². The van der Waals surface area contributed by atoms with E-state index in [9.17, 15) is 19.4 Å². The average Bonchev–Trinajstić information content (AvgIpc) is 3.23. The van der Waals surface area contributed by atoms with Crippen LogP contribution in [0.1, 0.15) is 271 Å². The van der Waals surface area contributed by atoms with Gasteiger partial charge in [-0.25, -0.2) is 4.57 Å². The van der Waals surface area contributed by atoms with Crippen molar-refractivity contribution in [1.82, 2.24) is 5.32 Å². The van der Waals surface area contributed by atoms with Crippen LogP contribution in [0, 0.1) is 0 Å². The summed E-state index contributed by atoms with van der Waals surface area (Å²) in [6.45, 7) is 4.92. The number of allylic oxidation sites excluding steroid dienone is 2. The maximum absolute atomic E-state index is 13.0. The summed E-state index contributed by atoms with van der Waals surface area (Å²) >= 11 is 0. The summed E-state index contributed by atoms with van der Waals surface area (Å²) in [6, 6.07) is -0.758. The molecule has 0 aliphatic rings. The van der Waals surface area contributed by atoms with Crippen molar-refractivity contribution < 1.29 is 32.9 Å². The minimum Gasteiger partial charge on any atom is -0.391 e. The zero-order valence-electron chi connectivity index (χ0n) is 42.1. The molecule has 0 aromatic heterocycles. The molecule has 3 N–H and O–H groups in total. The third-order valence-corrected chi connectivity index (χ3v) is 13.5. The number of carbonyl (C=O) groups excluding carboxylic acids is 1. The molecule has 8 nitrogen and oxygen atoms in total. The monoisotopic (exact) mass is 900 g/mol. The minimum atomic E-state index is -4.32. The molecule has 0 fully saturated rings. The number of quaternary nitrogens is 1. The van der Waals surface area contributed by atoms with E-state index >= 15 is 0 Å². The van der Waals surface area contributed by atoms with E-state index in [2.05, 4.69) is 31.3 Å². The van der Waals surface area contributed by atoms with E-state index in [1.54, 1.807) is 0 Å². The third-order valence-electron chi connectivity index (χ3n) is 12.5. The predicted molar refractivity (Wildman–Crippen MR) is 268 cm³/mol. The number of phosphoric ester groups is 1. The van der Waals surface area contributed by atoms with E-state index in [4.69, 9.17) is 9.05 Å². The maximum Gasteiger partial charge on any atom is 0.472 e. The van der Waals surface area contributed by atoms with Crippen LogP contribution in [0.3, 0.4) is 0 Å². The molecule has 3 unspecified atom stereocenters. The molecule has 0 bridgehead atoms. The summed E-state index contributed by atoms with van der Waals surface area (Å²) in [5.74, 6) is -0.142. The molecule has 0 aliphatic heterocycles. The highest BCUT2D eigenvalue weighted by Gasteiger charge is 2.28. The fourth-order valence-corrected chi connectivity index (χ4v) is 8.96. The van der Waals surface area contributed by atoms with Crippen LogP contribution in [0.25, 0.3) is 0 Å². The molecule has 0 saturated carbocycles. The number of likely N-dealkylation sites (N-methyl/N-ethyl adjacent to an activating group) is 1. The second-order valence-electron chi connectivity index (χ2n) is 20.0. The lowest BCUT2D eigenvalue weighted by molar-refractivity contribution is -0.870. The van der Waals surface area contributed by atoms with Crippen LogP contribution >= 0.6 is 7.82 Å². The van der Waals surface area contributed by atoms with Crippen LogP contribution in [0.5, 0.6) is 0 Å². The minimum absolute atomic E-state index is 0.0767. The first-order valence-corrected chi connectivity index (χ1v) is 28.5. The van der Waals surface area contributed by atoms with Gasteiger partial charge in [0.15, 0.2) is 0 Å². The van der Waals surface area contributed by atoms with E-state index in [0.717, 1.165) is 38.5 Å². The van der Waals surface area contributed by atoms with Crippen LogP contribution < -0.4 is 5.32 Å². The summed E-state index contributed by atoms with van der Waals surface area (Å²) in [4.78, 5) is 23.3. The van der Waals surface area contributed by atoms with Gasteiger partial charge in [-0.05, 0) is 38.5 Å². The van der Waals surface area contributed by atoms with Gasteiger partial charge >= 0.3 is 7.82 Å². The summed E-state index contributed by atoms with van der Waals surface area (Å²) in [5, 5.41) is 14.0. The molecule has 0 aromatic rings. The Kier molecular flexibility index (Phi) is 44.8. The zero-order valence-corrected chi connectivity index (χ0v) is 43.0. The number of phosphoric acid groups is 1. The van der Waals surface area contributed by atoms with Gasteiger partial charge in [0.2, 0.25) is 5.91 Å². The molecule has 62 heavy (non-hydrogen) atoms. The highest BCUT2D eigenvalue weighted by molar-refractivity contribution is 7.47. The molecule has 9 heteroatoms. The summed E-state index contributed by atoms with van der Waals surface area (Å²) in [5.41, 5.74) is 0. The number of rotatable bonds is 50. The summed E-state index contributed by atoms with van der Waals surface area (Å²) in [6.07, 6.45) is 53.9. The number of aliphatic hydroxyl groups excluding tert-OH is 1. The number of unbranched alkanes of at least 4 members (excludes halogenated alkanes) is 35. The molecule has 0 spiro atoms. The highest BCUT2D eigenvalue weighted by Crippen LogP contribution is 2.43. The number of aliphatic hydroxyl groups is 1. The maximum atomic E-state index is 13.0. The molecule has 3 atom stereocenters. The van der Waals surface area contributed by atoms with Crippen LogP contribution in [-0.4, -0.2) is 73.4 Å².